The van der Waals surface area contributed by atoms with Crippen LogP contribution in [0, 0.1) is 5.92 Å². The number of hydrogen-bond donors (Lipinski definition) is 1. The molecule has 1 fully saturated rings. The summed E-state index contributed by atoms with van der Waals surface area (Å²) in [4.78, 5) is 15.3. The second kappa shape index (κ2) is 10.0. The number of guanidine groups is 1. The molecular formula is C19H28N6O2. The Morgan fingerprint density at radius 1 is 1.41 bits per heavy atom. The highest BCUT2D eigenvalue weighted by Crippen LogP contribution is 2.28. The van der Waals surface area contributed by atoms with Gasteiger partial charge in [-0.1, -0.05) is 11.2 Å². The quantitative estimate of drug-likeness (QED) is 0.388. The van der Waals surface area contributed by atoms with E-state index in [0.29, 0.717) is 30.4 Å². The average molecular weight is 372 g/mol. The van der Waals surface area contributed by atoms with Crippen molar-refractivity contribution in [3.63, 3.8) is 0 Å². The molecule has 2 aromatic heterocycles. The summed E-state index contributed by atoms with van der Waals surface area (Å²) < 4.78 is 11.0. The van der Waals surface area contributed by atoms with Crippen molar-refractivity contribution in [2.45, 2.75) is 26.2 Å². The summed E-state index contributed by atoms with van der Waals surface area (Å²) in [5, 5.41) is 7.32. The third-order valence-corrected chi connectivity index (χ3v) is 4.27. The summed E-state index contributed by atoms with van der Waals surface area (Å²) >= 11 is 0. The maximum absolute atomic E-state index is 5.71. The smallest absolute Gasteiger partial charge is 0.276 e. The zero-order valence-electron chi connectivity index (χ0n) is 16.1. The van der Waals surface area contributed by atoms with Crippen molar-refractivity contribution in [2.75, 3.05) is 39.9 Å². The highest BCUT2D eigenvalue weighted by atomic mass is 16.5. The molecule has 1 aliphatic carbocycles. The third-order valence-electron chi connectivity index (χ3n) is 4.27. The van der Waals surface area contributed by atoms with Gasteiger partial charge in [-0.25, -0.2) is 0 Å². The first-order chi connectivity index (χ1) is 13.3. The number of nitrogens with one attached hydrogen (secondary N) is 1. The molecule has 8 nitrogen and oxygen atoms in total. The lowest BCUT2D eigenvalue weighted by Gasteiger charge is -2.21. The van der Waals surface area contributed by atoms with Gasteiger partial charge >= 0.3 is 0 Å². The molecular weight excluding hydrogens is 344 g/mol. The minimum absolute atomic E-state index is 0.436. The molecule has 2 heterocycles. The Morgan fingerprint density at radius 3 is 3.04 bits per heavy atom. The molecule has 0 saturated heterocycles. The van der Waals surface area contributed by atoms with Crippen LogP contribution in [0.5, 0.6) is 0 Å². The molecule has 0 radical (unpaired) electrons. The molecule has 146 valence electrons. The first-order valence-corrected chi connectivity index (χ1v) is 9.57. The van der Waals surface area contributed by atoms with E-state index in [-0.39, 0.29) is 0 Å². The van der Waals surface area contributed by atoms with Crippen molar-refractivity contribution >= 4 is 5.96 Å². The molecule has 8 heteroatoms. The van der Waals surface area contributed by atoms with E-state index in [2.05, 4.69) is 37.3 Å². The fourth-order valence-electron chi connectivity index (χ4n) is 2.52. The van der Waals surface area contributed by atoms with Gasteiger partial charge in [-0.05, 0) is 37.8 Å². The standard InChI is InChI=1S/C19H28N6O2/c1-3-20-19(25(2)12-13-26-14-15-7-8-15)22-11-9-17-23-18(27-24-17)16-6-4-5-10-21-16/h4-6,10,15H,3,7-9,11-14H2,1-2H3,(H,20,22). The summed E-state index contributed by atoms with van der Waals surface area (Å²) in [5.74, 6) is 2.72. The lowest BCUT2D eigenvalue weighted by molar-refractivity contribution is 0.115. The van der Waals surface area contributed by atoms with Gasteiger partial charge < -0.3 is 19.5 Å². The first-order valence-electron chi connectivity index (χ1n) is 9.57. The van der Waals surface area contributed by atoms with Crippen LogP contribution in [0.3, 0.4) is 0 Å². The maximum atomic E-state index is 5.71. The SMILES string of the molecule is CCNC(=NCCc1noc(-c2ccccn2)n1)N(C)CCOCC1CC1. The monoisotopic (exact) mass is 372 g/mol. The van der Waals surface area contributed by atoms with Crippen LogP contribution in [0.15, 0.2) is 33.9 Å². The summed E-state index contributed by atoms with van der Waals surface area (Å²) in [6.07, 6.45) is 4.95. The summed E-state index contributed by atoms with van der Waals surface area (Å²) in [6, 6.07) is 5.59. The molecule has 0 unspecified atom stereocenters. The van der Waals surface area contributed by atoms with E-state index in [1.807, 2.05) is 25.2 Å². The third kappa shape index (κ3) is 6.32. The van der Waals surface area contributed by atoms with Gasteiger partial charge in [0.15, 0.2) is 11.8 Å². The maximum Gasteiger partial charge on any atom is 0.276 e. The zero-order valence-corrected chi connectivity index (χ0v) is 16.1. The number of pyridine rings is 1. The van der Waals surface area contributed by atoms with E-state index in [1.54, 1.807) is 6.20 Å². The van der Waals surface area contributed by atoms with Crippen LogP contribution in [0.1, 0.15) is 25.6 Å². The molecule has 1 saturated carbocycles. The van der Waals surface area contributed by atoms with Gasteiger partial charge in [0.05, 0.1) is 6.61 Å². The Hall–Kier alpha value is -2.48. The molecule has 1 N–H and O–H groups in total. The molecule has 0 spiro atoms. The Morgan fingerprint density at radius 2 is 2.30 bits per heavy atom. The molecule has 2 aromatic rings. The Kier molecular flexibility index (Phi) is 7.15. The van der Waals surface area contributed by atoms with Crippen molar-refractivity contribution in [3.05, 3.63) is 30.2 Å². The van der Waals surface area contributed by atoms with Gasteiger partial charge in [0.25, 0.3) is 5.89 Å². The van der Waals surface area contributed by atoms with Crippen molar-refractivity contribution in [1.29, 1.82) is 0 Å². The second-order valence-electron chi connectivity index (χ2n) is 6.66. The van der Waals surface area contributed by atoms with E-state index >= 15 is 0 Å². The van der Waals surface area contributed by atoms with Crippen LogP contribution in [0.2, 0.25) is 0 Å². The normalized spacial score (nSPS) is 14.4. The largest absolute Gasteiger partial charge is 0.379 e. The number of ether oxygens (including phenoxy) is 1. The predicted molar refractivity (Wildman–Crippen MR) is 103 cm³/mol. The minimum Gasteiger partial charge on any atom is -0.379 e. The first kappa shape index (κ1) is 19.3. The Labute approximate surface area is 160 Å². The predicted octanol–water partition coefficient (Wildman–Crippen LogP) is 2.00. The zero-order chi connectivity index (χ0) is 18.9. The van der Waals surface area contributed by atoms with Gasteiger partial charge in [-0.15, -0.1) is 0 Å². The number of aromatic nitrogens is 3. The highest BCUT2D eigenvalue weighted by Gasteiger charge is 2.21. The van der Waals surface area contributed by atoms with Gasteiger partial charge in [0, 0.05) is 45.9 Å². The molecule has 0 amide bonds. The van der Waals surface area contributed by atoms with E-state index in [1.165, 1.54) is 12.8 Å². The van der Waals surface area contributed by atoms with Crippen LogP contribution < -0.4 is 5.32 Å². The van der Waals surface area contributed by atoms with Crippen LogP contribution in [-0.4, -0.2) is 65.9 Å². The van der Waals surface area contributed by atoms with E-state index in [0.717, 1.165) is 38.2 Å². The number of hydrogen-bond acceptors (Lipinski definition) is 6. The molecule has 0 aromatic carbocycles. The number of rotatable bonds is 10. The number of aliphatic imine (C=N–C) groups is 1. The summed E-state index contributed by atoms with van der Waals surface area (Å²) in [6.45, 7) is 5.87. The fraction of sp³-hybridized carbons (Fsp3) is 0.579. The van der Waals surface area contributed by atoms with Gasteiger partial charge in [0.1, 0.15) is 5.69 Å². The molecule has 27 heavy (non-hydrogen) atoms. The highest BCUT2D eigenvalue weighted by molar-refractivity contribution is 5.79. The van der Waals surface area contributed by atoms with E-state index < -0.39 is 0 Å². The molecule has 3 rings (SSSR count). The van der Waals surface area contributed by atoms with Crippen LogP contribution in [-0.2, 0) is 11.2 Å². The number of likely N-dealkylation sites (N-methyl/N-ethyl adjacent to an activating group) is 1. The lowest BCUT2D eigenvalue weighted by Crippen LogP contribution is -2.40. The fourth-order valence-corrected chi connectivity index (χ4v) is 2.52. The van der Waals surface area contributed by atoms with Crippen molar-refractivity contribution in [3.8, 4) is 11.6 Å². The van der Waals surface area contributed by atoms with Crippen LogP contribution in [0.4, 0.5) is 0 Å². The van der Waals surface area contributed by atoms with Crippen molar-refractivity contribution in [2.24, 2.45) is 10.9 Å². The van der Waals surface area contributed by atoms with Crippen molar-refractivity contribution < 1.29 is 9.26 Å². The van der Waals surface area contributed by atoms with Crippen LogP contribution >= 0.6 is 0 Å². The lowest BCUT2D eigenvalue weighted by atomic mass is 10.3. The van der Waals surface area contributed by atoms with Gasteiger partial charge in [0.2, 0.25) is 0 Å². The second-order valence-corrected chi connectivity index (χ2v) is 6.66. The van der Waals surface area contributed by atoms with E-state index in [9.17, 15) is 0 Å². The average Bonchev–Trinajstić information content (AvgIpc) is 3.40. The van der Waals surface area contributed by atoms with Crippen LogP contribution in [0.25, 0.3) is 11.6 Å². The molecule has 0 aliphatic heterocycles. The van der Waals surface area contributed by atoms with Gasteiger partial charge in [-0.2, -0.15) is 4.98 Å². The molecule has 0 atom stereocenters. The summed E-state index contributed by atoms with van der Waals surface area (Å²) in [5.41, 5.74) is 0.680. The number of nitrogens with zero attached hydrogens (tertiary/aromatic N) is 5. The minimum atomic E-state index is 0.436. The Bertz CT molecular complexity index is 714. The van der Waals surface area contributed by atoms with E-state index in [4.69, 9.17) is 9.26 Å². The van der Waals surface area contributed by atoms with Crippen molar-refractivity contribution in [1.82, 2.24) is 25.3 Å². The molecule has 0 bridgehead atoms. The summed E-state index contributed by atoms with van der Waals surface area (Å²) in [7, 11) is 2.02. The van der Waals surface area contributed by atoms with Gasteiger partial charge in [-0.3, -0.25) is 9.98 Å². The topological polar surface area (TPSA) is 88.7 Å². The molecule has 1 aliphatic rings. The Balaban J connectivity index is 1.46.